The Bertz CT molecular complexity index is 1020. The van der Waals surface area contributed by atoms with Gasteiger partial charge in [0.15, 0.2) is 5.57 Å². The summed E-state index contributed by atoms with van der Waals surface area (Å²) in [5.74, 6) is -6.27. The molecule has 0 heterocycles. The van der Waals surface area contributed by atoms with Crippen molar-refractivity contribution in [2.24, 2.45) is 0 Å². The van der Waals surface area contributed by atoms with Crippen LogP contribution < -0.4 is 10.6 Å². The summed E-state index contributed by atoms with van der Waals surface area (Å²) in [7, 11) is 0. The summed E-state index contributed by atoms with van der Waals surface area (Å²) >= 11 is 5.76. The van der Waals surface area contributed by atoms with Crippen molar-refractivity contribution in [2.75, 3.05) is 10.6 Å². The number of nitrogens with one attached hydrogen (secondary N) is 2. The van der Waals surface area contributed by atoms with Crippen LogP contribution in [0.25, 0.3) is 0 Å². The second-order valence-corrected chi connectivity index (χ2v) is 5.80. The molecule has 0 saturated carbocycles. The lowest BCUT2D eigenvalue weighted by Crippen LogP contribution is -2.18. The van der Waals surface area contributed by atoms with Gasteiger partial charge < -0.3 is 15.7 Å². The molecule has 6 nitrogen and oxygen atoms in total. The molecule has 0 aromatic heterocycles. The molecule has 0 radical (unpaired) electrons. The van der Waals surface area contributed by atoms with E-state index in [9.17, 15) is 27.9 Å². The first-order chi connectivity index (χ1) is 13.1. The number of aliphatic hydroxyl groups excluding tert-OH is 1. The maximum Gasteiger partial charge on any atom is 0.269 e. The highest BCUT2D eigenvalue weighted by Gasteiger charge is 2.21. The second kappa shape index (κ2) is 8.45. The Kier molecular flexibility index (Phi) is 6.28. The van der Waals surface area contributed by atoms with Crippen molar-refractivity contribution in [2.45, 2.75) is 6.92 Å². The Hall–Kier alpha value is -3.51. The topological polar surface area (TPSA) is 102 Å². The highest BCUT2D eigenvalue weighted by molar-refractivity contribution is 6.34. The van der Waals surface area contributed by atoms with Crippen LogP contribution in [0, 0.1) is 28.8 Å². The smallest absolute Gasteiger partial charge is 0.269 e. The number of halogens is 4. The van der Waals surface area contributed by atoms with Gasteiger partial charge in [-0.1, -0.05) is 17.7 Å². The number of nitriles is 1. The zero-order chi connectivity index (χ0) is 21.0. The average Bonchev–Trinajstić information content (AvgIpc) is 2.61. The molecule has 0 unspecified atom stereocenters. The van der Waals surface area contributed by atoms with E-state index in [0.29, 0.717) is 12.1 Å². The van der Waals surface area contributed by atoms with Gasteiger partial charge in [0.05, 0.1) is 22.0 Å². The minimum Gasteiger partial charge on any atom is -0.511 e. The summed E-state index contributed by atoms with van der Waals surface area (Å²) in [5.41, 5.74) is -2.55. The quantitative estimate of drug-likeness (QED) is 0.398. The number of hydrogen-bond donors (Lipinski definition) is 3. The highest BCUT2D eigenvalue weighted by Crippen LogP contribution is 2.26. The summed E-state index contributed by atoms with van der Waals surface area (Å²) < 4.78 is 42.2. The predicted octanol–water partition coefficient (Wildman–Crippen LogP) is 4.30. The van der Waals surface area contributed by atoms with Crippen LogP contribution in [-0.2, 0) is 4.79 Å². The molecule has 0 fully saturated rings. The Balaban J connectivity index is 2.31. The molecule has 0 saturated heterocycles. The van der Waals surface area contributed by atoms with Gasteiger partial charge in [-0.2, -0.15) is 5.26 Å². The number of para-hydroxylation sites is 1. The molecule has 0 bridgehead atoms. The number of carbonyl (C=O) groups excluding carboxylic acids is 2. The molecule has 3 N–H and O–H groups in total. The summed E-state index contributed by atoms with van der Waals surface area (Å²) in [4.78, 5) is 24.0. The van der Waals surface area contributed by atoms with E-state index < -0.39 is 57.5 Å². The monoisotopic (exact) mass is 409 g/mol. The minimum atomic E-state index is -1.23. The van der Waals surface area contributed by atoms with Crippen LogP contribution >= 0.6 is 11.6 Å². The lowest BCUT2D eigenvalue weighted by Gasteiger charge is -2.11. The van der Waals surface area contributed by atoms with Gasteiger partial charge in [-0.25, -0.2) is 13.2 Å². The van der Waals surface area contributed by atoms with E-state index in [1.165, 1.54) is 18.2 Å². The fourth-order valence-corrected chi connectivity index (χ4v) is 2.31. The zero-order valence-corrected chi connectivity index (χ0v) is 14.9. The number of allylic oxidation sites excluding steroid dienone is 1. The lowest BCUT2D eigenvalue weighted by molar-refractivity contribution is -0.112. The molecule has 0 aliphatic carbocycles. The van der Waals surface area contributed by atoms with Crippen molar-refractivity contribution >= 4 is 34.8 Å². The molecule has 10 heteroatoms. The van der Waals surface area contributed by atoms with Gasteiger partial charge in [-0.3, -0.25) is 9.59 Å². The fourth-order valence-electron chi connectivity index (χ4n) is 2.10. The van der Waals surface area contributed by atoms with Crippen LogP contribution in [0.5, 0.6) is 0 Å². The molecule has 2 aromatic carbocycles. The van der Waals surface area contributed by atoms with Gasteiger partial charge in [0.1, 0.15) is 29.3 Å². The van der Waals surface area contributed by atoms with Gasteiger partial charge in [0.25, 0.3) is 11.8 Å². The van der Waals surface area contributed by atoms with Crippen molar-refractivity contribution in [1.29, 1.82) is 5.26 Å². The zero-order valence-electron chi connectivity index (χ0n) is 14.1. The number of aliphatic hydroxyl groups is 1. The number of hydrogen-bond acceptors (Lipinski definition) is 4. The number of benzene rings is 2. The Morgan fingerprint density at radius 1 is 1.11 bits per heavy atom. The maximum absolute atomic E-state index is 14.2. The van der Waals surface area contributed by atoms with Crippen LogP contribution in [0.15, 0.2) is 41.7 Å². The van der Waals surface area contributed by atoms with E-state index in [0.717, 1.165) is 13.0 Å². The van der Waals surface area contributed by atoms with Gasteiger partial charge >= 0.3 is 0 Å². The minimum absolute atomic E-state index is 0.145. The van der Waals surface area contributed by atoms with E-state index in [-0.39, 0.29) is 5.02 Å². The van der Waals surface area contributed by atoms with Crippen molar-refractivity contribution in [3.63, 3.8) is 0 Å². The van der Waals surface area contributed by atoms with Gasteiger partial charge in [0, 0.05) is 6.07 Å². The summed E-state index contributed by atoms with van der Waals surface area (Å²) in [6, 6.07) is 6.00. The number of amides is 2. The predicted molar refractivity (Wildman–Crippen MR) is 95.3 cm³/mol. The normalized spacial score (nSPS) is 11.3. The van der Waals surface area contributed by atoms with E-state index in [1.807, 2.05) is 10.6 Å². The molecule has 0 spiro atoms. The third kappa shape index (κ3) is 4.42. The van der Waals surface area contributed by atoms with Crippen LogP contribution in [0.2, 0.25) is 5.02 Å². The Morgan fingerprint density at radius 3 is 2.36 bits per heavy atom. The average molecular weight is 410 g/mol. The van der Waals surface area contributed by atoms with E-state index in [2.05, 4.69) is 0 Å². The SMILES string of the molecule is C/C(O)=C(\C#N)C(=O)Nc1cc(F)c(C(=O)Nc2c(F)cccc2Cl)cc1F. The van der Waals surface area contributed by atoms with E-state index in [1.54, 1.807) is 0 Å². The first-order valence-corrected chi connectivity index (χ1v) is 7.89. The van der Waals surface area contributed by atoms with Crippen molar-refractivity contribution in [3.05, 3.63) is 69.7 Å². The van der Waals surface area contributed by atoms with Crippen LogP contribution in [0.4, 0.5) is 24.5 Å². The maximum atomic E-state index is 14.2. The first kappa shape index (κ1) is 20.8. The molecule has 28 heavy (non-hydrogen) atoms. The molecule has 0 aliphatic rings. The first-order valence-electron chi connectivity index (χ1n) is 7.51. The van der Waals surface area contributed by atoms with Crippen LogP contribution in [0.3, 0.4) is 0 Å². The molecule has 2 rings (SSSR count). The van der Waals surface area contributed by atoms with Crippen LogP contribution in [0.1, 0.15) is 17.3 Å². The highest BCUT2D eigenvalue weighted by atomic mass is 35.5. The molecular weight excluding hydrogens is 399 g/mol. The number of nitrogens with zero attached hydrogens (tertiary/aromatic N) is 1. The van der Waals surface area contributed by atoms with Crippen LogP contribution in [-0.4, -0.2) is 16.9 Å². The summed E-state index contributed by atoms with van der Waals surface area (Å²) in [6.45, 7) is 1.07. The number of rotatable bonds is 4. The van der Waals surface area contributed by atoms with E-state index in [4.69, 9.17) is 16.9 Å². The van der Waals surface area contributed by atoms with Gasteiger partial charge in [-0.05, 0) is 25.1 Å². The fraction of sp³-hybridized carbons (Fsp3) is 0.0556. The summed E-state index contributed by atoms with van der Waals surface area (Å²) in [5, 5.41) is 21.8. The number of anilines is 2. The Labute approximate surface area is 161 Å². The largest absolute Gasteiger partial charge is 0.511 e. The number of carbonyl (C=O) groups is 2. The second-order valence-electron chi connectivity index (χ2n) is 5.39. The van der Waals surface area contributed by atoms with E-state index >= 15 is 0 Å². The third-order valence-corrected chi connectivity index (χ3v) is 3.77. The molecule has 144 valence electrons. The third-order valence-electron chi connectivity index (χ3n) is 3.45. The molecule has 2 aromatic rings. The summed E-state index contributed by atoms with van der Waals surface area (Å²) in [6.07, 6.45) is 0. The molecule has 2 amide bonds. The van der Waals surface area contributed by atoms with Crippen molar-refractivity contribution in [3.8, 4) is 6.07 Å². The lowest BCUT2D eigenvalue weighted by atomic mass is 10.1. The Morgan fingerprint density at radius 2 is 1.79 bits per heavy atom. The van der Waals surface area contributed by atoms with Gasteiger partial charge in [-0.15, -0.1) is 0 Å². The van der Waals surface area contributed by atoms with Gasteiger partial charge in [0.2, 0.25) is 0 Å². The standard InChI is InChI=1S/C18H11ClF3N3O3/c1-8(26)10(7-23)18(28)24-15-6-13(21)9(5-14(15)22)17(27)25-16-11(19)3-2-4-12(16)20/h2-6,26H,1H3,(H,24,28)(H,25,27)/b10-8-. The van der Waals surface area contributed by atoms with Crippen molar-refractivity contribution in [1.82, 2.24) is 0 Å². The molecule has 0 aliphatic heterocycles. The van der Waals surface area contributed by atoms with Crippen molar-refractivity contribution < 1.29 is 27.9 Å². The molecular formula is C18H11ClF3N3O3. The molecule has 0 atom stereocenters.